The van der Waals surface area contributed by atoms with Crippen LogP contribution in [0.3, 0.4) is 0 Å². The molecule has 140 valence electrons. The van der Waals surface area contributed by atoms with Gasteiger partial charge in [0.1, 0.15) is 18.7 Å². The first-order chi connectivity index (χ1) is 13.3. The second-order valence-corrected chi connectivity index (χ2v) is 6.90. The zero-order valence-electron chi connectivity index (χ0n) is 14.8. The summed E-state index contributed by atoms with van der Waals surface area (Å²) in [6.07, 6.45) is 3.83. The van der Waals surface area contributed by atoms with Gasteiger partial charge >= 0.3 is 0 Å². The van der Waals surface area contributed by atoms with E-state index < -0.39 is 0 Å². The summed E-state index contributed by atoms with van der Waals surface area (Å²) in [5.41, 5.74) is 2.96. The largest absolute Gasteiger partial charge is 0.491 e. The fourth-order valence-corrected chi connectivity index (χ4v) is 3.30. The summed E-state index contributed by atoms with van der Waals surface area (Å²) in [4.78, 5) is 4.19. The number of halogens is 1. The van der Waals surface area contributed by atoms with Crippen molar-refractivity contribution in [1.29, 1.82) is 0 Å². The number of anilines is 1. The molecule has 0 aliphatic carbocycles. The maximum Gasteiger partial charge on any atom is 0.155 e. The van der Waals surface area contributed by atoms with Gasteiger partial charge in [0.15, 0.2) is 5.82 Å². The first kappa shape index (κ1) is 17.8. The highest BCUT2D eigenvalue weighted by molar-refractivity contribution is 6.30. The van der Waals surface area contributed by atoms with Crippen molar-refractivity contribution in [2.45, 2.75) is 25.5 Å². The molecule has 1 aliphatic rings. The van der Waals surface area contributed by atoms with E-state index in [1.807, 2.05) is 42.5 Å². The molecule has 2 aromatic carbocycles. The summed E-state index contributed by atoms with van der Waals surface area (Å²) >= 11 is 6.19. The predicted octanol–water partition coefficient (Wildman–Crippen LogP) is 4.30. The number of nitrogens with zero attached hydrogens (tertiary/aromatic N) is 2. The van der Waals surface area contributed by atoms with Gasteiger partial charge in [-0.3, -0.25) is 5.10 Å². The highest BCUT2D eigenvalue weighted by Gasteiger charge is 2.17. The first-order valence-corrected chi connectivity index (χ1v) is 9.38. The number of aromatic nitrogens is 3. The number of aromatic amines is 1. The van der Waals surface area contributed by atoms with Gasteiger partial charge < -0.3 is 14.8 Å². The summed E-state index contributed by atoms with van der Waals surface area (Å²) in [5, 5.41) is 10.9. The minimum absolute atomic E-state index is 0.181. The molecule has 27 heavy (non-hydrogen) atoms. The molecule has 2 heterocycles. The highest BCUT2D eigenvalue weighted by Crippen LogP contribution is 2.26. The third kappa shape index (κ3) is 4.59. The summed E-state index contributed by atoms with van der Waals surface area (Å²) in [6, 6.07) is 13.7. The van der Waals surface area contributed by atoms with Crippen molar-refractivity contribution in [1.82, 2.24) is 15.2 Å². The molecule has 2 N–H and O–H groups in total. The minimum atomic E-state index is 0.181. The molecule has 6 nitrogen and oxygen atoms in total. The van der Waals surface area contributed by atoms with Gasteiger partial charge in [-0.25, -0.2) is 4.98 Å². The molecule has 0 bridgehead atoms. The van der Waals surface area contributed by atoms with Crippen molar-refractivity contribution in [3.8, 4) is 17.1 Å². The van der Waals surface area contributed by atoms with Gasteiger partial charge in [-0.05, 0) is 43.2 Å². The van der Waals surface area contributed by atoms with E-state index in [-0.39, 0.29) is 6.10 Å². The van der Waals surface area contributed by atoms with E-state index in [1.165, 1.54) is 6.33 Å². The first-order valence-electron chi connectivity index (χ1n) is 9.00. The van der Waals surface area contributed by atoms with Crippen LogP contribution in [0, 0.1) is 0 Å². The van der Waals surface area contributed by atoms with Crippen LogP contribution < -0.4 is 10.1 Å². The van der Waals surface area contributed by atoms with Gasteiger partial charge in [0.2, 0.25) is 0 Å². The highest BCUT2D eigenvalue weighted by atomic mass is 35.5. The molecule has 0 radical (unpaired) electrons. The molecule has 1 fully saturated rings. The maximum atomic E-state index is 6.19. The van der Waals surface area contributed by atoms with E-state index in [0.717, 1.165) is 47.8 Å². The fourth-order valence-electron chi connectivity index (χ4n) is 3.10. The third-order valence-corrected chi connectivity index (χ3v) is 4.74. The van der Waals surface area contributed by atoms with Crippen molar-refractivity contribution in [2.75, 3.05) is 18.5 Å². The quantitative estimate of drug-likeness (QED) is 0.635. The smallest absolute Gasteiger partial charge is 0.155 e. The van der Waals surface area contributed by atoms with Gasteiger partial charge in [-0.2, -0.15) is 5.10 Å². The van der Waals surface area contributed by atoms with Crippen LogP contribution in [0.4, 0.5) is 5.69 Å². The van der Waals surface area contributed by atoms with Gasteiger partial charge in [0.05, 0.1) is 6.10 Å². The molecule has 1 aromatic heterocycles. The van der Waals surface area contributed by atoms with E-state index >= 15 is 0 Å². The fraction of sp³-hybridized carbons (Fsp3) is 0.300. The number of hydrogen-bond acceptors (Lipinski definition) is 5. The zero-order valence-corrected chi connectivity index (χ0v) is 15.6. The Morgan fingerprint density at radius 2 is 2.22 bits per heavy atom. The number of ether oxygens (including phenoxy) is 2. The molecule has 4 rings (SSSR count). The second-order valence-electron chi connectivity index (χ2n) is 6.47. The molecule has 1 atom stereocenters. The van der Waals surface area contributed by atoms with Gasteiger partial charge in [-0.1, -0.05) is 23.7 Å². The molecule has 7 heteroatoms. The maximum absolute atomic E-state index is 6.19. The van der Waals surface area contributed by atoms with Gasteiger partial charge in [0.25, 0.3) is 0 Å². The summed E-state index contributed by atoms with van der Waals surface area (Å²) < 4.78 is 11.6. The SMILES string of the molecule is Clc1ccc(OC[C@H]2CCCO2)c(CNc2cccc(-c3ncn[nH]3)c2)c1. The van der Waals surface area contributed by atoms with E-state index in [4.69, 9.17) is 21.1 Å². The molecule has 0 amide bonds. The second kappa shape index (κ2) is 8.41. The topological polar surface area (TPSA) is 72.1 Å². The number of H-pyrrole nitrogens is 1. The van der Waals surface area contributed by atoms with Gasteiger partial charge in [-0.15, -0.1) is 0 Å². The number of nitrogens with one attached hydrogen (secondary N) is 2. The molecule has 3 aromatic rings. The average Bonchev–Trinajstić information content (AvgIpc) is 3.40. The lowest BCUT2D eigenvalue weighted by atomic mass is 10.1. The van der Waals surface area contributed by atoms with Crippen LogP contribution in [0.25, 0.3) is 11.4 Å². The van der Waals surface area contributed by atoms with Crippen molar-refractivity contribution >= 4 is 17.3 Å². The lowest BCUT2D eigenvalue weighted by Gasteiger charge is -2.16. The molecule has 0 spiro atoms. The standard InChI is InChI=1S/C20H21ClN4O2/c21-16-6-7-19(27-12-18-5-2-8-26-18)15(9-16)11-22-17-4-1-3-14(10-17)20-23-13-24-25-20/h1,3-4,6-7,9-10,13,18,22H,2,5,8,11-12H2,(H,23,24,25)/t18-/m1/s1. The molecular formula is C20H21ClN4O2. The Hall–Kier alpha value is -2.57. The number of rotatable bonds is 7. The lowest BCUT2D eigenvalue weighted by Crippen LogP contribution is -2.17. The Bertz CT molecular complexity index is 879. The molecule has 0 saturated carbocycles. The lowest BCUT2D eigenvalue weighted by molar-refractivity contribution is 0.0676. The third-order valence-electron chi connectivity index (χ3n) is 4.51. The summed E-state index contributed by atoms with van der Waals surface area (Å²) in [5.74, 6) is 1.57. The Labute approximate surface area is 162 Å². The number of benzene rings is 2. The number of hydrogen-bond donors (Lipinski definition) is 2. The van der Waals surface area contributed by atoms with Crippen LogP contribution >= 0.6 is 11.6 Å². The van der Waals surface area contributed by atoms with Gasteiger partial charge in [0, 0.05) is 35.0 Å². The van der Waals surface area contributed by atoms with E-state index in [9.17, 15) is 0 Å². The van der Waals surface area contributed by atoms with E-state index in [2.05, 4.69) is 20.5 Å². The van der Waals surface area contributed by atoms with Crippen molar-refractivity contribution < 1.29 is 9.47 Å². The Kier molecular flexibility index (Phi) is 5.55. The van der Waals surface area contributed by atoms with Crippen LogP contribution in [0.2, 0.25) is 5.02 Å². The monoisotopic (exact) mass is 384 g/mol. The zero-order chi connectivity index (χ0) is 18.5. The molecule has 1 aliphatic heterocycles. The summed E-state index contributed by atoms with van der Waals surface area (Å²) in [7, 11) is 0. The average molecular weight is 385 g/mol. The van der Waals surface area contributed by atoms with Crippen LogP contribution in [-0.4, -0.2) is 34.5 Å². The Morgan fingerprint density at radius 1 is 1.26 bits per heavy atom. The van der Waals surface area contributed by atoms with Crippen LogP contribution in [0.15, 0.2) is 48.8 Å². The normalized spacial score (nSPS) is 16.4. The molecular weight excluding hydrogens is 364 g/mol. The predicted molar refractivity (Wildman–Crippen MR) is 105 cm³/mol. The Morgan fingerprint density at radius 3 is 3.04 bits per heavy atom. The minimum Gasteiger partial charge on any atom is -0.491 e. The Balaban J connectivity index is 1.44. The van der Waals surface area contributed by atoms with Crippen molar-refractivity contribution in [3.63, 3.8) is 0 Å². The van der Waals surface area contributed by atoms with Crippen LogP contribution in [-0.2, 0) is 11.3 Å². The molecule has 0 unspecified atom stereocenters. The van der Waals surface area contributed by atoms with E-state index in [0.29, 0.717) is 18.2 Å². The summed E-state index contributed by atoms with van der Waals surface area (Å²) in [6.45, 7) is 1.99. The van der Waals surface area contributed by atoms with Crippen molar-refractivity contribution in [3.05, 3.63) is 59.4 Å². The van der Waals surface area contributed by atoms with Crippen molar-refractivity contribution in [2.24, 2.45) is 0 Å². The van der Waals surface area contributed by atoms with E-state index in [1.54, 1.807) is 0 Å². The van der Waals surface area contributed by atoms with Crippen LogP contribution in [0.1, 0.15) is 18.4 Å². The molecule has 1 saturated heterocycles. The van der Waals surface area contributed by atoms with Crippen LogP contribution in [0.5, 0.6) is 5.75 Å².